The predicted octanol–water partition coefficient (Wildman–Crippen LogP) is 2.93. The third kappa shape index (κ3) is 2.85. The van der Waals surface area contributed by atoms with Gasteiger partial charge in [0, 0.05) is 24.9 Å². The number of rotatable bonds is 3. The molecular formula is C20H14F2N8O. The Morgan fingerprint density at radius 1 is 1.13 bits per heavy atom. The number of anilines is 1. The lowest BCUT2D eigenvalue weighted by Gasteiger charge is -2.32. The molecule has 9 nitrogen and oxygen atoms in total. The maximum absolute atomic E-state index is 14.3. The van der Waals surface area contributed by atoms with Crippen molar-refractivity contribution in [2.75, 3.05) is 11.4 Å². The number of H-pyrrole nitrogens is 1. The number of hydrogen-bond donors (Lipinski definition) is 1. The van der Waals surface area contributed by atoms with Crippen LogP contribution in [-0.4, -0.2) is 41.3 Å². The van der Waals surface area contributed by atoms with E-state index in [-0.39, 0.29) is 23.4 Å². The number of imidazole rings is 1. The van der Waals surface area contributed by atoms with Crippen molar-refractivity contribution in [2.24, 2.45) is 0 Å². The maximum atomic E-state index is 14.3. The van der Waals surface area contributed by atoms with E-state index in [0.717, 1.165) is 11.4 Å². The van der Waals surface area contributed by atoms with Gasteiger partial charge >= 0.3 is 6.01 Å². The molecule has 0 radical (unpaired) electrons. The summed E-state index contributed by atoms with van der Waals surface area (Å²) < 4.78 is 35.1. The summed E-state index contributed by atoms with van der Waals surface area (Å²) in [4.78, 5) is 13.3. The number of aromatic amines is 1. The quantitative estimate of drug-likeness (QED) is 0.448. The van der Waals surface area contributed by atoms with Crippen LogP contribution in [0.5, 0.6) is 0 Å². The monoisotopic (exact) mass is 420 g/mol. The number of halogens is 2. The Hall–Kier alpha value is -4.15. The van der Waals surface area contributed by atoms with Crippen molar-refractivity contribution < 1.29 is 13.2 Å². The highest BCUT2D eigenvalue weighted by molar-refractivity contribution is 5.54. The van der Waals surface area contributed by atoms with Crippen LogP contribution >= 0.6 is 0 Å². The number of nitrogens with zero attached hydrogens (tertiary/aromatic N) is 7. The maximum Gasteiger partial charge on any atom is 0.319 e. The highest BCUT2D eigenvalue weighted by Gasteiger charge is 2.36. The molecule has 1 aliphatic rings. The number of nitrogens with one attached hydrogen (secondary N) is 1. The van der Waals surface area contributed by atoms with E-state index in [1.165, 1.54) is 22.7 Å². The number of pyridine rings is 2. The van der Waals surface area contributed by atoms with Gasteiger partial charge in [0.1, 0.15) is 23.1 Å². The largest absolute Gasteiger partial charge is 0.402 e. The van der Waals surface area contributed by atoms with Gasteiger partial charge in [-0.25, -0.2) is 18.9 Å². The Morgan fingerprint density at radius 2 is 2.06 bits per heavy atom. The second-order valence-electron chi connectivity index (χ2n) is 7.10. The SMILES string of the molecule is Fc1cccc(-c2nnc(N3CCc4[nH]cnc4[C@H]3c3cc4c(F)cccn4n3)o2)n1. The second-order valence-corrected chi connectivity index (χ2v) is 7.10. The molecule has 0 aromatic carbocycles. The Morgan fingerprint density at radius 3 is 2.94 bits per heavy atom. The molecule has 1 aliphatic heterocycles. The molecule has 0 unspecified atom stereocenters. The van der Waals surface area contributed by atoms with Crippen LogP contribution in [0.15, 0.2) is 53.3 Å². The van der Waals surface area contributed by atoms with Gasteiger partial charge < -0.3 is 14.3 Å². The minimum atomic E-state index is -0.638. The fourth-order valence-corrected chi connectivity index (χ4v) is 3.88. The highest BCUT2D eigenvalue weighted by atomic mass is 19.1. The van der Waals surface area contributed by atoms with Crippen LogP contribution in [0.4, 0.5) is 14.8 Å². The summed E-state index contributed by atoms with van der Waals surface area (Å²) in [6.45, 7) is 0.536. The molecule has 6 rings (SSSR count). The van der Waals surface area contributed by atoms with Crippen molar-refractivity contribution >= 4 is 11.5 Å². The summed E-state index contributed by atoms with van der Waals surface area (Å²) >= 11 is 0. The summed E-state index contributed by atoms with van der Waals surface area (Å²) in [5, 5.41) is 12.7. The van der Waals surface area contributed by atoms with Crippen molar-refractivity contribution in [3.05, 3.63) is 77.8 Å². The van der Waals surface area contributed by atoms with E-state index >= 15 is 0 Å². The van der Waals surface area contributed by atoms with Crippen LogP contribution in [-0.2, 0) is 6.42 Å². The van der Waals surface area contributed by atoms with Gasteiger partial charge in [-0.15, -0.1) is 5.10 Å². The van der Waals surface area contributed by atoms with Gasteiger partial charge in [-0.3, -0.25) is 0 Å². The van der Waals surface area contributed by atoms with Gasteiger partial charge in [0.2, 0.25) is 5.95 Å². The average molecular weight is 420 g/mol. The van der Waals surface area contributed by atoms with Gasteiger partial charge in [-0.05, 0) is 30.3 Å². The van der Waals surface area contributed by atoms with Crippen LogP contribution in [0.2, 0.25) is 0 Å². The summed E-state index contributed by atoms with van der Waals surface area (Å²) in [5.74, 6) is -0.911. The summed E-state index contributed by atoms with van der Waals surface area (Å²) in [6, 6.07) is 8.76. The molecular weight excluding hydrogens is 406 g/mol. The Labute approximate surface area is 173 Å². The van der Waals surface area contributed by atoms with Gasteiger partial charge in [-0.1, -0.05) is 11.2 Å². The third-order valence-corrected chi connectivity index (χ3v) is 5.27. The molecule has 0 spiro atoms. The van der Waals surface area contributed by atoms with Crippen molar-refractivity contribution in [1.82, 2.24) is 34.8 Å². The van der Waals surface area contributed by atoms with Gasteiger partial charge in [0.15, 0.2) is 0 Å². The van der Waals surface area contributed by atoms with E-state index in [1.807, 2.05) is 4.90 Å². The molecule has 1 N–H and O–H groups in total. The molecule has 5 aromatic rings. The Kier molecular flexibility index (Phi) is 3.82. The third-order valence-electron chi connectivity index (χ3n) is 5.27. The first-order valence-corrected chi connectivity index (χ1v) is 9.56. The average Bonchev–Trinajstić information content (AvgIpc) is 3.52. The molecule has 0 saturated heterocycles. The fourth-order valence-electron chi connectivity index (χ4n) is 3.88. The lowest BCUT2D eigenvalue weighted by atomic mass is 10.0. The van der Waals surface area contributed by atoms with E-state index in [4.69, 9.17) is 4.42 Å². The van der Waals surface area contributed by atoms with Gasteiger partial charge in [-0.2, -0.15) is 9.49 Å². The molecule has 6 heterocycles. The van der Waals surface area contributed by atoms with Crippen LogP contribution < -0.4 is 4.90 Å². The van der Waals surface area contributed by atoms with E-state index in [9.17, 15) is 8.78 Å². The minimum Gasteiger partial charge on any atom is -0.402 e. The van der Waals surface area contributed by atoms with Gasteiger partial charge in [0.05, 0.1) is 17.7 Å². The number of aromatic nitrogens is 7. The molecule has 31 heavy (non-hydrogen) atoms. The fraction of sp³-hybridized carbons (Fsp3) is 0.150. The standard InChI is InChI=1S/C20H14F2N8O/c21-11-3-2-7-30-15(11)9-14(28-30)18-17-12(23-10-24-17)6-8-29(18)20-27-26-19(31-20)13-4-1-5-16(22)25-13/h1-5,7,9-10,18H,6,8H2,(H,23,24)/t18-/m1/s1. The van der Waals surface area contributed by atoms with E-state index in [2.05, 4.69) is 30.2 Å². The summed E-state index contributed by atoms with van der Waals surface area (Å²) in [6.07, 6.45) is 3.97. The first-order valence-electron chi connectivity index (χ1n) is 9.56. The normalized spacial score (nSPS) is 16.1. The van der Waals surface area contributed by atoms with Crippen molar-refractivity contribution in [2.45, 2.75) is 12.5 Å². The van der Waals surface area contributed by atoms with Crippen LogP contribution in [0.1, 0.15) is 23.1 Å². The summed E-state index contributed by atoms with van der Waals surface area (Å²) in [7, 11) is 0. The lowest BCUT2D eigenvalue weighted by Crippen LogP contribution is -2.36. The smallest absolute Gasteiger partial charge is 0.319 e. The molecule has 154 valence electrons. The molecule has 0 bridgehead atoms. The molecule has 11 heteroatoms. The van der Waals surface area contributed by atoms with Crippen molar-refractivity contribution in [1.29, 1.82) is 0 Å². The Bertz CT molecular complexity index is 1410. The zero-order valence-electron chi connectivity index (χ0n) is 15.9. The van der Waals surface area contributed by atoms with Crippen LogP contribution in [0.25, 0.3) is 17.1 Å². The molecule has 0 saturated carbocycles. The first kappa shape index (κ1) is 17.7. The van der Waals surface area contributed by atoms with Crippen LogP contribution in [0.3, 0.4) is 0 Å². The number of hydrogen-bond acceptors (Lipinski definition) is 7. The van der Waals surface area contributed by atoms with Crippen molar-refractivity contribution in [3.63, 3.8) is 0 Å². The highest BCUT2D eigenvalue weighted by Crippen LogP contribution is 2.37. The van der Waals surface area contributed by atoms with E-state index in [0.29, 0.717) is 24.2 Å². The van der Waals surface area contributed by atoms with Gasteiger partial charge in [0.25, 0.3) is 5.89 Å². The predicted molar refractivity (Wildman–Crippen MR) is 104 cm³/mol. The molecule has 1 atom stereocenters. The Balaban J connectivity index is 1.45. The second kappa shape index (κ2) is 6.69. The first-order chi connectivity index (χ1) is 15.2. The van der Waals surface area contributed by atoms with E-state index < -0.39 is 12.0 Å². The molecule has 0 fully saturated rings. The number of fused-ring (bicyclic) bond motifs is 2. The minimum absolute atomic E-state index is 0.0992. The van der Waals surface area contributed by atoms with E-state index in [1.54, 1.807) is 30.7 Å². The lowest BCUT2D eigenvalue weighted by molar-refractivity contribution is 0.501. The topological polar surface area (TPSA) is 101 Å². The molecule has 0 amide bonds. The zero-order valence-corrected chi connectivity index (χ0v) is 15.9. The zero-order chi connectivity index (χ0) is 20.9. The summed E-state index contributed by atoms with van der Waals surface area (Å²) in [5.41, 5.74) is 2.89. The van der Waals surface area contributed by atoms with Crippen molar-refractivity contribution in [3.8, 4) is 11.6 Å². The molecule has 0 aliphatic carbocycles. The molecule has 5 aromatic heterocycles. The van der Waals surface area contributed by atoms with Crippen LogP contribution in [0, 0.1) is 11.8 Å².